The first-order chi connectivity index (χ1) is 8.58. The van der Waals surface area contributed by atoms with E-state index in [1.807, 2.05) is 13.0 Å². The zero-order valence-corrected chi connectivity index (χ0v) is 9.91. The molecule has 0 spiro atoms. The highest BCUT2D eigenvalue weighted by Gasteiger charge is 2.14. The summed E-state index contributed by atoms with van der Waals surface area (Å²) in [6.07, 6.45) is 2.13. The van der Waals surface area contributed by atoms with Crippen LogP contribution in [0, 0.1) is 11.6 Å². The normalized spacial score (nSPS) is 12.4. The van der Waals surface area contributed by atoms with E-state index in [-0.39, 0.29) is 17.4 Å². The molecule has 0 amide bonds. The van der Waals surface area contributed by atoms with Gasteiger partial charge in [-0.1, -0.05) is 0 Å². The quantitative estimate of drug-likeness (QED) is 0.822. The van der Waals surface area contributed by atoms with Crippen molar-refractivity contribution in [1.29, 1.82) is 0 Å². The number of furan rings is 1. The van der Waals surface area contributed by atoms with Gasteiger partial charge in [0.2, 0.25) is 0 Å². The van der Waals surface area contributed by atoms with Gasteiger partial charge in [0.15, 0.2) is 11.6 Å². The van der Waals surface area contributed by atoms with Crippen molar-refractivity contribution >= 4 is 11.4 Å². The molecule has 96 valence electrons. The fourth-order valence-corrected chi connectivity index (χ4v) is 1.74. The highest BCUT2D eigenvalue weighted by Crippen LogP contribution is 2.25. The fraction of sp³-hybridized carbons (Fsp3) is 0.231. The van der Waals surface area contributed by atoms with Crippen molar-refractivity contribution < 1.29 is 13.2 Å². The van der Waals surface area contributed by atoms with Crippen LogP contribution in [0.3, 0.4) is 0 Å². The number of hydrogen-bond donors (Lipinski definition) is 2. The monoisotopic (exact) mass is 252 g/mol. The van der Waals surface area contributed by atoms with Crippen LogP contribution in [0.2, 0.25) is 0 Å². The maximum atomic E-state index is 13.6. The topological polar surface area (TPSA) is 51.2 Å². The third-order valence-electron chi connectivity index (χ3n) is 2.61. The maximum Gasteiger partial charge on any atom is 0.183 e. The van der Waals surface area contributed by atoms with Crippen molar-refractivity contribution in [3.8, 4) is 0 Å². The van der Waals surface area contributed by atoms with E-state index in [9.17, 15) is 8.78 Å². The van der Waals surface area contributed by atoms with E-state index >= 15 is 0 Å². The Labute approximate surface area is 104 Å². The van der Waals surface area contributed by atoms with Crippen molar-refractivity contribution in [2.45, 2.75) is 19.4 Å². The van der Waals surface area contributed by atoms with Crippen LogP contribution in [-0.2, 0) is 6.42 Å². The van der Waals surface area contributed by atoms with Gasteiger partial charge in [0.1, 0.15) is 5.76 Å². The summed E-state index contributed by atoms with van der Waals surface area (Å²) in [4.78, 5) is 0. The lowest BCUT2D eigenvalue weighted by molar-refractivity contribution is 0.493. The summed E-state index contributed by atoms with van der Waals surface area (Å²) < 4.78 is 31.8. The van der Waals surface area contributed by atoms with Crippen LogP contribution in [0.1, 0.15) is 12.7 Å². The molecule has 3 nitrogen and oxygen atoms in total. The van der Waals surface area contributed by atoms with Gasteiger partial charge in [-0.15, -0.1) is 0 Å². The van der Waals surface area contributed by atoms with E-state index in [2.05, 4.69) is 5.32 Å². The van der Waals surface area contributed by atoms with Crippen LogP contribution in [0.4, 0.5) is 20.2 Å². The number of nitrogens with two attached hydrogens (primary N) is 1. The lowest BCUT2D eigenvalue weighted by Gasteiger charge is -2.16. The molecule has 1 aromatic carbocycles. The summed E-state index contributed by atoms with van der Waals surface area (Å²) in [7, 11) is 0. The molecule has 0 fully saturated rings. The Morgan fingerprint density at radius 1 is 1.33 bits per heavy atom. The molecule has 1 unspecified atom stereocenters. The minimum absolute atomic E-state index is 0.00550. The van der Waals surface area contributed by atoms with Gasteiger partial charge in [0.25, 0.3) is 0 Å². The second kappa shape index (κ2) is 5.08. The molecule has 0 saturated carbocycles. The van der Waals surface area contributed by atoms with Gasteiger partial charge >= 0.3 is 0 Å². The standard InChI is InChI=1S/C13H14F2N2O/c1-8(7-9-3-2-6-18-9)17-13-11(16)5-4-10(14)12(13)15/h2-6,8,17H,7,16H2,1H3. The molecule has 1 atom stereocenters. The van der Waals surface area contributed by atoms with E-state index in [0.717, 1.165) is 11.8 Å². The summed E-state index contributed by atoms with van der Waals surface area (Å²) in [6.45, 7) is 1.84. The molecule has 0 aliphatic heterocycles. The summed E-state index contributed by atoms with van der Waals surface area (Å²) in [5.41, 5.74) is 5.79. The molecule has 1 heterocycles. The van der Waals surface area contributed by atoms with Gasteiger partial charge in [-0.3, -0.25) is 0 Å². The van der Waals surface area contributed by atoms with Crippen molar-refractivity contribution in [3.63, 3.8) is 0 Å². The van der Waals surface area contributed by atoms with Crippen LogP contribution in [0.5, 0.6) is 0 Å². The molecule has 0 aliphatic rings. The summed E-state index contributed by atoms with van der Waals surface area (Å²) in [5, 5.41) is 2.86. The van der Waals surface area contributed by atoms with Crippen LogP contribution >= 0.6 is 0 Å². The molecular formula is C13H14F2N2O. The van der Waals surface area contributed by atoms with E-state index < -0.39 is 11.6 Å². The Hall–Kier alpha value is -2.04. The Kier molecular flexibility index (Phi) is 3.50. The van der Waals surface area contributed by atoms with E-state index in [0.29, 0.717) is 6.42 Å². The molecule has 3 N–H and O–H groups in total. The first-order valence-electron chi connectivity index (χ1n) is 5.60. The molecule has 2 aromatic rings. The molecule has 1 aromatic heterocycles. The summed E-state index contributed by atoms with van der Waals surface area (Å²) in [6, 6.07) is 5.81. The van der Waals surface area contributed by atoms with E-state index in [1.165, 1.54) is 6.07 Å². The number of hydrogen-bond acceptors (Lipinski definition) is 3. The maximum absolute atomic E-state index is 13.6. The molecule has 0 aliphatic carbocycles. The minimum Gasteiger partial charge on any atom is -0.469 e. The first-order valence-corrected chi connectivity index (χ1v) is 5.60. The van der Waals surface area contributed by atoms with Gasteiger partial charge in [-0.05, 0) is 31.2 Å². The van der Waals surface area contributed by atoms with Crippen LogP contribution < -0.4 is 11.1 Å². The van der Waals surface area contributed by atoms with Gasteiger partial charge in [-0.2, -0.15) is 0 Å². The second-order valence-electron chi connectivity index (χ2n) is 4.15. The fourth-order valence-electron chi connectivity index (χ4n) is 1.74. The predicted octanol–water partition coefficient (Wildman–Crippen LogP) is 3.18. The lowest BCUT2D eigenvalue weighted by Crippen LogP contribution is -2.20. The molecule has 2 rings (SSSR count). The van der Waals surface area contributed by atoms with Gasteiger partial charge < -0.3 is 15.5 Å². The Morgan fingerprint density at radius 3 is 2.78 bits per heavy atom. The largest absolute Gasteiger partial charge is 0.469 e. The van der Waals surface area contributed by atoms with Gasteiger partial charge in [-0.25, -0.2) is 8.78 Å². The Bertz CT molecular complexity index is 526. The SMILES string of the molecule is CC(Cc1ccco1)Nc1c(N)ccc(F)c1F. The Morgan fingerprint density at radius 2 is 2.11 bits per heavy atom. The predicted molar refractivity (Wildman–Crippen MR) is 66.3 cm³/mol. The van der Waals surface area contributed by atoms with E-state index in [1.54, 1.807) is 12.3 Å². The van der Waals surface area contributed by atoms with Crippen molar-refractivity contribution in [3.05, 3.63) is 47.9 Å². The van der Waals surface area contributed by atoms with Gasteiger partial charge in [0.05, 0.1) is 17.6 Å². The lowest BCUT2D eigenvalue weighted by atomic mass is 10.1. The van der Waals surface area contributed by atoms with Crippen LogP contribution in [0.15, 0.2) is 34.9 Å². The van der Waals surface area contributed by atoms with E-state index in [4.69, 9.17) is 10.2 Å². The number of anilines is 2. The third-order valence-corrected chi connectivity index (χ3v) is 2.61. The smallest absolute Gasteiger partial charge is 0.183 e. The zero-order valence-electron chi connectivity index (χ0n) is 9.91. The molecule has 0 radical (unpaired) electrons. The molecule has 0 saturated heterocycles. The molecular weight excluding hydrogens is 238 g/mol. The zero-order chi connectivity index (χ0) is 13.1. The number of nitrogens with one attached hydrogen (secondary N) is 1. The van der Waals surface area contributed by atoms with Crippen molar-refractivity contribution in [2.24, 2.45) is 0 Å². The number of rotatable bonds is 4. The number of halogens is 2. The highest BCUT2D eigenvalue weighted by atomic mass is 19.2. The molecule has 0 bridgehead atoms. The van der Waals surface area contributed by atoms with Crippen LogP contribution in [0.25, 0.3) is 0 Å². The molecule has 5 heteroatoms. The minimum atomic E-state index is -0.957. The molecule has 18 heavy (non-hydrogen) atoms. The number of benzene rings is 1. The average molecular weight is 252 g/mol. The van der Waals surface area contributed by atoms with Gasteiger partial charge in [0, 0.05) is 12.5 Å². The third kappa shape index (κ3) is 2.61. The van der Waals surface area contributed by atoms with Crippen molar-refractivity contribution in [1.82, 2.24) is 0 Å². The summed E-state index contributed by atoms with van der Waals surface area (Å²) in [5.74, 6) is -1.11. The Balaban J connectivity index is 2.11. The number of nitrogen functional groups attached to an aromatic ring is 1. The summed E-state index contributed by atoms with van der Waals surface area (Å²) >= 11 is 0. The highest BCUT2D eigenvalue weighted by molar-refractivity contribution is 5.67. The van der Waals surface area contributed by atoms with Crippen LogP contribution in [-0.4, -0.2) is 6.04 Å². The average Bonchev–Trinajstić information content (AvgIpc) is 2.82. The first kappa shape index (κ1) is 12.4. The van der Waals surface area contributed by atoms with Crippen molar-refractivity contribution in [2.75, 3.05) is 11.1 Å². The second-order valence-corrected chi connectivity index (χ2v) is 4.15.